The molecule has 0 saturated heterocycles. The van der Waals surface area contributed by atoms with Crippen molar-refractivity contribution in [3.05, 3.63) is 145 Å². The molecule has 2 aliphatic rings. The summed E-state index contributed by atoms with van der Waals surface area (Å²) in [6.45, 7) is 18.8. The molecule has 0 heterocycles. The standard InChI is InChI=1S/C21H25.C21H26.C5H5.2ClH.Hf/c1-20(2,3)16-9-7-14-11-15-8-10-17(21(4,5)6)13-19(15)18(14)12-16;1-3-5-7-18-9-13-20(14-10-18)17-21-15-11-19(12-16-21)8-6-4-2;1-2-4-5-3-1;;;/h7,9-10,12-13H,11H2,1-6H3;9-16H,3-8H2,1-2H3;1-3H,4H2;2*1H;. The van der Waals surface area contributed by atoms with Crippen molar-refractivity contribution >= 4 is 31.4 Å². The van der Waals surface area contributed by atoms with Crippen molar-refractivity contribution in [3.63, 3.8) is 0 Å². The van der Waals surface area contributed by atoms with E-state index in [1.807, 2.05) is 0 Å². The van der Waals surface area contributed by atoms with E-state index in [0.717, 1.165) is 25.7 Å². The quantitative estimate of drug-likeness (QED) is 0.123. The van der Waals surface area contributed by atoms with E-state index < -0.39 is 21.0 Å². The number of halogens is 2. The summed E-state index contributed by atoms with van der Waals surface area (Å²) in [5, 5.41) is 0. The van der Waals surface area contributed by atoms with Crippen LogP contribution < -0.4 is 3.32 Å². The van der Waals surface area contributed by atoms with Gasteiger partial charge in [0.15, 0.2) is 0 Å². The van der Waals surface area contributed by atoms with Crippen molar-refractivity contribution in [2.75, 3.05) is 0 Å². The van der Waals surface area contributed by atoms with Gasteiger partial charge in [0.25, 0.3) is 0 Å². The molecule has 0 N–H and O–H groups in total. The molecule has 0 spiro atoms. The zero-order valence-electron chi connectivity index (χ0n) is 31.7. The number of rotatable bonds is 10. The Morgan fingerprint density at radius 3 is 1.66 bits per heavy atom. The van der Waals surface area contributed by atoms with E-state index in [9.17, 15) is 0 Å². The molecular weight excluding hydrogens is 814 g/mol. The van der Waals surface area contributed by atoms with E-state index >= 15 is 0 Å². The molecule has 0 amide bonds. The summed E-state index contributed by atoms with van der Waals surface area (Å²) in [6, 6.07) is 32.2. The van der Waals surface area contributed by atoms with Crippen LogP contribution >= 0.6 is 24.8 Å². The van der Waals surface area contributed by atoms with Crippen LogP contribution in [0.4, 0.5) is 0 Å². The van der Waals surface area contributed by atoms with Gasteiger partial charge in [-0.25, -0.2) is 0 Å². The Labute approximate surface area is 323 Å². The molecule has 0 bridgehead atoms. The van der Waals surface area contributed by atoms with Crippen LogP contribution in [0.3, 0.4) is 0 Å². The first-order valence-corrected chi connectivity index (χ1v) is 24.0. The zero-order valence-corrected chi connectivity index (χ0v) is 36.9. The topological polar surface area (TPSA) is 0 Å². The maximum atomic E-state index is 2.68. The number of fused-ring (bicyclic) bond motifs is 3. The Kier molecular flexibility index (Phi) is 13.8. The van der Waals surface area contributed by atoms with Crippen LogP contribution in [0.5, 0.6) is 0 Å². The van der Waals surface area contributed by atoms with E-state index in [1.165, 1.54) is 75.8 Å². The van der Waals surface area contributed by atoms with Crippen molar-refractivity contribution in [2.45, 2.75) is 118 Å². The summed E-state index contributed by atoms with van der Waals surface area (Å²) in [4.78, 5) is 0. The molecule has 0 unspecified atom stereocenters. The van der Waals surface area contributed by atoms with Gasteiger partial charge in [0, 0.05) is 0 Å². The maximum absolute atomic E-state index is 2.99. The first-order chi connectivity index (χ1) is 23.0. The number of aryl methyl sites for hydroxylation is 2. The monoisotopic (exact) mass is 872 g/mol. The maximum Gasteiger partial charge on any atom is -0.147 e. The second-order valence-electron chi connectivity index (χ2n) is 16.3. The average Bonchev–Trinajstić information content (AvgIpc) is 3.73. The number of benzene rings is 4. The predicted molar refractivity (Wildman–Crippen MR) is 221 cm³/mol. The molecule has 4 aromatic carbocycles. The molecule has 0 radical (unpaired) electrons. The Morgan fingerprint density at radius 1 is 0.640 bits per heavy atom. The number of hydrogen-bond acceptors (Lipinski definition) is 0. The first-order valence-electron chi connectivity index (χ1n) is 18.6. The molecule has 0 nitrogen and oxygen atoms in total. The van der Waals surface area contributed by atoms with Crippen LogP contribution in [-0.2, 0) is 51.0 Å². The molecule has 0 aromatic heterocycles. The van der Waals surface area contributed by atoms with Gasteiger partial charge in [-0.05, 0) is 0 Å². The molecule has 264 valence electrons. The summed E-state index contributed by atoms with van der Waals surface area (Å²) in [5.41, 5.74) is 15.0. The van der Waals surface area contributed by atoms with Gasteiger partial charge in [0.2, 0.25) is 0 Å². The number of unbranched alkanes of at least 4 members (excludes halogenated alkanes) is 2. The Morgan fingerprint density at radius 2 is 1.18 bits per heavy atom. The fraction of sp³-hybridized carbons (Fsp3) is 0.383. The minimum Gasteiger partial charge on any atom is -0.147 e. The largest absolute Gasteiger partial charge is 0.147 e. The smallest absolute Gasteiger partial charge is 0.147 e. The summed E-state index contributed by atoms with van der Waals surface area (Å²) in [6.07, 6.45) is 16.7. The fourth-order valence-corrected chi connectivity index (χ4v) is 19.1. The summed E-state index contributed by atoms with van der Waals surface area (Å²) in [7, 11) is 0. The van der Waals surface area contributed by atoms with Crippen LogP contribution in [0.1, 0.15) is 132 Å². The SMILES string of the molecule is CCCCc1ccc([C](c2ccc(CCCC)cc2)=[Hf]([C]2=CC=CC2)[c]2cc(C(C)(C)C)cc3c2Cc2ccc(C(C)(C)C)cc2-3)cc1.Cl.Cl. The minimum atomic E-state index is -2.99. The third kappa shape index (κ3) is 8.82. The second-order valence-corrected chi connectivity index (χ2v) is 25.0. The van der Waals surface area contributed by atoms with Crippen molar-refractivity contribution in [3.8, 4) is 11.1 Å². The van der Waals surface area contributed by atoms with Crippen molar-refractivity contribution in [1.82, 2.24) is 0 Å². The van der Waals surface area contributed by atoms with Gasteiger partial charge in [-0.1, -0.05) is 0 Å². The van der Waals surface area contributed by atoms with Gasteiger partial charge < -0.3 is 0 Å². The summed E-state index contributed by atoms with van der Waals surface area (Å²) >= 11 is -2.99. The van der Waals surface area contributed by atoms with Crippen LogP contribution in [0.2, 0.25) is 0 Å². The van der Waals surface area contributed by atoms with Gasteiger partial charge >= 0.3 is 301 Å². The molecule has 50 heavy (non-hydrogen) atoms. The molecule has 2 aliphatic carbocycles. The fourth-order valence-electron chi connectivity index (χ4n) is 7.39. The van der Waals surface area contributed by atoms with Crippen molar-refractivity contribution in [2.24, 2.45) is 0 Å². The van der Waals surface area contributed by atoms with Crippen LogP contribution in [0, 0.1) is 0 Å². The third-order valence-electron chi connectivity index (χ3n) is 10.5. The Hall–Kier alpha value is -2.32. The van der Waals surface area contributed by atoms with E-state index in [2.05, 4.69) is 152 Å². The van der Waals surface area contributed by atoms with Crippen LogP contribution in [0.15, 0.2) is 100 Å². The van der Waals surface area contributed by atoms with E-state index in [1.54, 1.807) is 15.5 Å². The van der Waals surface area contributed by atoms with E-state index in [-0.39, 0.29) is 35.6 Å². The van der Waals surface area contributed by atoms with Gasteiger partial charge in [0.05, 0.1) is 0 Å². The number of allylic oxidation sites excluding steroid dienone is 4. The molecule has 4 aromatic rings. The van der Waals surface area contributed by atoms with E-state index in [0.29, 0.717) is 0 Å². The first kappa shape index (κ1) is 40.5. The average molecular weight is 872 g/mol. The molecule has 0 saturated carbocycles. The summed E-state index contributed by atoms with van der Waals surface area (Å²) in [5.74, 6) is 0. The molecule has 0 fully saturated rings. The summed E-state index contributed by atoms with van der Waals surface area (Å²) < 4.78 is 5.06. The molecule has 3 heteroatoms. The predicted octanol–water partition coefficient (Wildman–Crippen LogP) is 12.7. The second kappa shape index (κ2) is 17.0. The normalized spacial score (nSPS) is 13.2. The Balaban J connectivity index is 0.00000281. The van der Waals surface area contributed by atoms with Gasteiger partial charge in [-0.3, -0.25) is 0 Å². The van der Waals surface area contributed by atoms with Crippen molar-refractivity contribution in [1.29, 1.82) is 0 Å². The molecule has 0 aliphatic heterocycles. The zero-order chi connectivity index (χ0) is 34.1. The minimum absolute atomic E-state index is 0. The van der Waals surface area contributed by atoms with Crippen LogP contribution in [0.25, 0.3) is 11.1 Å². The van der Waals surface area contributed by atoms with Gasteiger partial charge in [-0.2, -0.15) is 0 Å². The third-order valence-corrected chi connectivity index (χ3v) is 21.5. The Bertz CT molecular complexity index is 1820. The molecule has 0 atom stereocenters. The van der Waals surface area contributed by atoms with Gasteiger partial charge in [0.1, 0.15) is 0 Å². The number of hydrogen-bond donors (Lipinski definition) is 0. The van der Waals surface area contributed by atoms with E-state index in [4.69, 9.17) is 0 Å². The molecular formula is C47H58Cl2Hf. The van der Waals surface area contributed by atoms with Crippen molar-refractivity contribution < 1.29 is 21.0 Å². The molecule has 6 rings (SSSR count). The van der Waals surface area contributed by atoms with Gasteiger partial charge in [-0.15, -0.1) is 24.8 Å². The van der Waals surface area contributed by atoms with Crippen LogP contribution in [-0.4, -0.2) is 3.26 Å².